The third-order valence-corrected chi connectivity index (χ3v) is 4.77. The molecule has 0 aromatic heterocycles. The number of amidine groups is 1. The van der Waals surface area contributed by atoms with Gasteiger partial charge < -0.3 is 4.90 Å². The van der Waals surface area contributed by atoms with E-state index >= 15 is 0 Å². The number of non-ortho nitro benzene ring substituents is 1. The van der Waals surface area contributed by atoms with Crippen molar-refractivity contribution < 1.29 is 4.92 Å². The molecule has 0 radical (unpaired) electrons. The largest absolute Gasteiger partial charge is 0.347 e. The number of aryl methyl sites for hydroxylation is 1. The molecule has 0 atom stereocenters. The van der Waals surface area contributed by atoms with Gasteiger partial charge in [0.2, 0.25) is 0 Å². The van der Waals surface area contributed by atoms with Crippen LogP contribution in [-0.4, -0.2) is 33.3 Å². The van der Waals surface area contributed by atoms with E-state index in [0.717, 1.165) is 41.6 Å². The maximum absolute atomic E-state index is 10.8. The first-order valence-electron chi connectivity index (χ1n) is 7.30. The summed E-state index contributed by atoms with van der Waals surface area (Å²) < 4.78 is 0. The highest BCUT2D eigenvalue weighted by Gasteiger charge is 2.25. The molecular formula is C15H21N3O2S. The molecular weight excluding hydrogens is 286 g/mol. The van der Waals surface area contributed by atoms with Gasteiger partial charge in [0.25, 0.3) is 5.69 Å². The minimum atomic E-state index is -0.370. The van der Waals surface area contributed by atoms with Crippen molar-refractivity contribution in [2.24, 2.45) is 4.99 Å². The lowest BCUT2D eigenvalue weighted by Gasteiger charge is -2.27. The molecule has 0 unspecified atom stereocenters. The standard InChI is InChI=1S/C15H21N3O2S/c1-4-12(5-2)17-8-9-21-15(17)16-14-7-6-13(18(19)20)10-11(14)3/h6-7,10,12H,4-5,8-9H2,1-3H3. The maximum Gasteiger partial charge on any atom is 0.269 e. The lowest BCUT2D eigenvalue weighted by molar-refractivity contribution is -0.384. The zero-order valence-electron chi connectivity index (χ0n) is 12.7. The van der Waals surface area contributed by atoms with Crippen LogP contribution in [0.3, 0.4) is 0 Å². The van der Waals surface area contributed by atoms with E-state index in [0.29, 0.717) is 6.04 Å². The number of nitrogens with zero attached hydrogens (tertiary/aromatic N) is 3. The highest BCUT2D eigenvalue weighted by molar-refractivity contribution is 8.14. The molecule has 1 aliphatic heterocycles. The molecule has 0 spiro atoms. The highest BCUT2D eigenvalue weighted by atomic mass is 32.2. The van der Waals surface area contributed by atoms with Crippen molar-refractivity contribution in [1.82, 2.24) is 4.90 Å². The van der Waals surface area contributed by atoms with Gasteiger partial charge >= 0.3 is 0 Å². The van der Waals surface area contributed by atoms with Crippen LogP contribution in [0.15, 0.2) is 23.2 Å². The fourth-order valence-electron chi connectivity index (χ4n) is 2.56. The zero-order chi connectivity index (χ0) is 15.4. The van der Waals surface area contributed by atoms with Gasteiger partial charge in [0.15, 0.2) is 5.17 Å². The Kier molecular flexibility index (Phi) is 5.22. The molecule has 0 aliphatic carbocycles. The molecule has 0 saturated carbocycles. The van der Waals surface area contributed by atoms with Crippen LogP contribution in [0.4, 0.5) is 11.4 Å². The number of hydrogen-bond donors (Lipinski definition) is 0. The highest BCUT2D eigenvalue weighted by Crippen LogP contribution is 2.29. The maximum atomic E-state index is 10.8. The Morgan fingerprint density at radius 1 is 1.43 bits per heavy atom. The zero-order valence-corrected chi connectivity index (χ0v) is 13.5. The van der Waals surface area contributed by atoms with Gasteiger partial charge in [0.05, 0.1) is 10.6 Å². The molecule has 5 nitrogen and oxygen atoms in total. The van der Waals surface area contributed by atoms with Crippen molar-refractivity contribution in [2.75, 3.05) is 12.3 Å². The number of nitro groups is 1. The summed E-state index contributed by atoms with van der Waals surface area (Å²) in [5.41, 5.74) is 1.78. The van der Waals surface area contributed by atoms with Crippen LogP contribution in [0.1, 0.15) is 32.3 Å². The average molecular weight is 307 g/mol. The van der Waals surface area contributed by atoms with Crippen LogP contribution in [-0.2, 0) is 0 Å². The number of benzene rings is 1. The Bertz CT molecular complexity index is 556. The van der Waals surface area contributed by atoms with Crippen molar-refractivity contribution >= 4 is 28.3 Å². The van der Waals surface area contributed by atoms with E-state index < -0.39 is 0 Å². The second-order valence-electron chi connectivity index (χ2n) is 5.13. The summed E-state index contributed by atoms with van der Waals surface area (Å²) in [4.78, 5) is 17.5. The van der Waals surface area contributed by atoms with Crippen LogP contribution in [0.2, 0.25) is 0 Å². The fourth-order valence-corrected chi connectivity index (χ4v) is 3.60. The van der Waals surface area contributed by atoms with Crippen LogP contribution >= 0.6 is 11.8 Å². The molecule has 1 aromatic rings. The van der Waals surface area contributed by atoms with E-state index in [2.05, 4.69) is 18.7 Å². The molecule has 1 saturated heterocycles. The second kappa shape index (κ2) is 6.93. The third-order valence-electron chi connectivity index (χ3n) is 3.80. The van der Waals surface area contributed by atoms with Gasteiger partial charge in [-0.25, -0.2) is 4.99 Å². The van der Waals surface area contributed by atoms with E-state index in [4.69, 9.17) is 4.99 Å². The van der Waals surface area contributed by atoms with Gasteiger partial charge in [0, 0.05) is 30.5 Å². The predicted molar refractivity (Wildman–Crippen MR) is 88.5 cm³/mol. The molecule has 1 heterocycles. The van der Waals surface area contributed by atoms with Gasteiger partial charge in [-0.3, -0.25) is 10.1 Å². The molecule has 114 valence electrons. The number of thioether (sulfide) groups is 1. The molecule has 21 heavy (non-hydrogen) atoms. The smallest absolute Gasteiger partial charge is 0.269 e. The quantitative estimate of drug-likeness (QED) is 0.606. The number of rotatable bonds is 5. The summed E-state index contributed by atoms with van der Waals surface area (Å²) in [5, 5.41) is 11.8. The summed E-state index contributed by atoms with van der Waals surface area (Å²) in [6.07, 6.45) is 2.21. The lowest BCUT2D eigenvalue weighted by atomic mass is 10.1. The molecule has 0 N–H and O–H groups in total. The third kappa shape index (κ3) is 3.56. The van der Waals surface area contributed by atoms with E-state index in [1.807, 2.05) is 6.92 Å². The fraction of sp³-hybridized carbons (Fsp3) is 0.533. The molecule has 1 aliphatic rings. The van der Waals surface area contributed by atoms with Gasteiger partial charge in [-0.05, 0) is 31.4 Å². The minimum absolute atomic E-state index is 0.118. The number of aliphatic imine (C=N–C) groups is 1. The predicted octanol–water partition coefficient (Wildman–Crippen LogP) is 4.13. The first-order chi connectivity index (χ1) is 10.1. The Morgan fingerprint density at radius 2 is 2.14 bits per heavy atom. The van der Waals surface area contributed by atoms with Crippen LogP contribution in [0.5, 0.6) is 0 Å². The van der Waals surface area contributed by atoms with Crippen molar-refractivity contribution in [3.05, 3.63) is 33.9 Å². The van der Waals surface area contributed by atoms with Gasteiger partial charge in [-0.15, -0.1) is 0 Å². The monoisotopic (exact) mass is 307 g/mol. The Hall–Kier alpha value is -1.56. The minimum Gasteiger partial charge on any atom is -0.347 e. The first-order valence-corrected chi connectivity index (χ1v) is 8.28. The van der Waals surface area contributed by atoms with Crippen molar-refractivity contribution in [3.8, 4) is 0 Å². The molecule has 1 aromatic carbocycles. The topological polar surface area (TPSA) is 58.7 Å². The molecule has 2 rings (SSSR count). The molecule has 6 heteroatoms. The van der Waals surface area contributed by atoms with Crippen molar-refractivity contribution in [2.45, 2.75) is 39.7 Å². The van der Waals surface area contributed by atoms with E-state index in [9.17, 15) is 10.1 Å². The Labute approximate surface area is 129 Å². The summed E-state index contributed by atoms with van der Waals surface area (Å²) in [6.45, 7) is 7.30. The van der Waals surface area contributed by atoms with E-state index in [1.165, 1.54) is 6.07 Å². The Morgan fingerprint density at radius 3 is 2.71 bits per heavy atom. The lowest BCUT2D eigenvalue weighted by Crippen LogP contribution is -2.35. The van der Waals surface area contributed by atoms with E-state index in [1.54, 1.807) is 23.9 Å². The van der Waals surface area contributed by atoms with Crippen LogP contribution in [0.25, 0.3) is 0 Å². The molecule has 1 fully saturated rings. The van der Waals surface area contributed by atoms with Gasteiger partial charge in [0.1, 0.15) is 0 Å². The summed E-state index contributed by atoms with van der Waals surface area (Å²) >= 11 is 1.77. The first kappa shape index (κ1) is 15.8. The van der Waals surface area contributed by atoms with Crippen molar-refractivity contribution in [1.29, 1.82) is 0 Å². The van der Waals surface area contributed by atoms with Gasteiger partial charge in [-0.1, -0.05) is 25.6 Å². The molecule has 0 amide bonds. The summed E-state index contributed by atoms with van der Waals surface area (Å²) in [5.74, 6) is 1.06. The molecule has 0 bridgehead atoms. The summed E-state index contributed by atoms with van der Waals surface area (Å²) in [6, 6.07) is 5.37. The van der Waals surface area contributed by atoms with Crippen LogP contribution < -0.4 is 0 Å². The Balaban J connectivity index is 2.28. The SMILES string of the molecule is CCC(CC)N1CCSC1=Nc1ccc([N+](=O)[O-])cc1C. The number of hydrogen-bond acceptors (Lipinski definition) is 4. The van der Waals surface area contributed by atoms with Crippen molar-refractivity contribution in [3.63, 3.8) is 0 Å². The van der Waals surface area contributed by atoms with Gasteiger partial charge in [-0.2, -0.15) is 0 Å². The normalized spacial score (nSPS) is 17.0. The van der Waals surface area contributed by atoms with E-state index in [-0.39, 0.29) is 10.6 Å². The summed E-state index contributed by atoms with van der Waals surface area (Å²) in [7, 11) is 0. The number of nitro benzene ring substituents is 1. The average Bonchev–Trinajstić information content (AvgIpc) is 2.90. The van der Waals surface area contributed by atoms with Crippen LogP contribution in [0, 0.1) is 17.0 Å². The second-order valence-corrected chi connectivity index (χ2v) is 6.20.